The van der Waals surface area contributed by atoms with Gasteiger partial charge < -0.3 is 9.64 Å². The molecule has 0 atom stereocenters. The van der Waals surface area contributed by atoms with Gasteiger partial charge in [-0.15, -0.1) is 0 Å². The van der Waals surface area contributed by atoms with Gasteiger partial charge in [0, 0.05) is 19.1 Å². The summed E-state index contributed by atoms with van der Waals surface area (Å²) in [5.74, 6) is -0.158. The van der Waals surface area contributed by atoms with Crippen LogP contribution < -0.4 is 5.56 Å². The second-order valence-corrected chi connectivity index (χ2v) is 9.76. The van der Waals surface area contributed by atoms with Crippen molar-refractivity contribution in [3.63, 3.8) is 0 Å². The molecule has 180 valence electrons. The fourth-order valence-electron chi connectivity index (χ4n) is 3.63. The number of rotatable bonds is 9. The molecule has 3 aromatic rings. The third kappa shape index (κ3) is 6.05. The number of aromatic nitrogens is 2. The van der Waals surface area contributed by atoms with Crippen LogP contribution in [0.15, 0.2) is 58.5 Å². The van der Waals surface area contributed by atoms with Crippen LogP contribution in [0.1, 0.15) is 43.6 Å². The van der Waals surface area contributed by atoms with E-state index in [0.717, 1.165) is 5.56 Å². The first-order valence-electron chi connectivity index (χ1n) is 11.3. The highest BCUT2D eigenvalue weighted by molar-refractivity contribution is 7.99. The van der Waals surface area contributed by atoms with Crippen LogP contribution in [0.4, 0.5) is 0 Å². The lowest BCUT2D eigenvalue weighted by Gasteiger charge is -2.27. The topological polar surface area (TPSA) is 81.5 Å². The second kappa shape index (κ2) is 11.3. The van der Waals surface area contributed by atoms with E-state index >= 15 is 0 Å². The Kier molecular flexibility index (Phi) is 8.50. The number of nitrogens with zero attached hydrogens (tertiary/aromatic N) is 3. The molecule has 0 unspecified atom stereocenters. The SMILES string of the molecule is COC(=O)c1ccc2c(=O)n(CC(C)C)c(SCC(=O)N(Cc3ccccc3)C(C)C)nc2c1. The Bertz CT molecular complexity index is 1220. The number of hydrogen-bond acceptors (Lipinski definition) is 6. The van der Waals surface area contributed by atoms with Crippen LogP contribution in [0.25, 0.3) is 10.9 Å². The Morgan fingerprint density at radius 2 is 1.79 bits per heavy atom. The smallest absolute Gasteiger partial charge is 0.337 e. The van der Waals surface area contributed by atoms with E-state index in [4.69, 9.17) is 4.74 Å². The molecule has 2 aromatic carbocycles. The van der Waals surface area contributed by atoms with Gasteiger partial charge in [0.05, 0.1) is 29.3 Å². The summed E-state index contributed by atoms with van der Waals surface area (Å²) in [7, 11) is 1.31. The Hall–Kier alpha value is -3.13. The van der Waals surface area contributed by atoms with Gasteiger partial charge in [-0.2, -0.15) is 0 Å². The predicted octanol–water partition coefficient (Wildman–Crippen LogP) is 4.37. The number of fused-ring (bicyclic) bond motifs is 1. The molecule has 0 aliphatic rings. The number of thioether (sulfide) groups is 1. The van der Waals surface area contributed by atoms with E-state index < -0.39 is 5.97 Å². The minimum Gasteiger partial charge on any atom is -0.465 e. The summed E-state index contributed by atoms with van der Waals surface area (Å²) in [6, 6.07) is 14.6. The number of benzene rings is 2. The van der Waals surface area contributed by atoms with Crippen molar-refractivity contribution in [2.75, 3.05) is 12.9 Å². The van der Waals surface area contributed by atoms with Crippen molar-refractivity contribution in [3.05, 3.63) is 70.0 Å². The molecule has 7 nitrogen and oxygen atoms in total. The number of ether oxygens (including phenoxy) is 1. The van der Waals surface area contributed by atoms with Gasteiger partial charge in [0.1, 0.15) is 0 Å². The van der Waals surface area contributed by atoms with Crippen molar-refractivity contribution in [2.45, 2.75) is 52.0 Å². The molecule has 8 heteroatoms. The maximum atomic E-state index is 13.3. The van der Waals surface area contributed by atoms with Crippen LogP contribution in [0.5, 0.6) is 0 Å². The third-order valence-electron chi connectivity index (χ3n) is 5.35. The Morgan fingerprint density at radius 1 is 1.09 bits per heavy atom. The van der Waals surface area contributed by atoms with E-state index in [1.807, 2.05) is 62.9 Å². The van der Waals surface area contributed by atoms with Gasteiger partial charge in [0.2, 0.25) is 5.91 Å². The number of methoxy groups -OCH3 is 1. The molecule has 0 N–H and O–H groups in total. The van der Waals surface area contributed by atoms with E-state index in [-0.39, 0.29) is 29.2 Å². The molecular formula is C26H31N3O4S. The van der Waals surface area contributed by atoms with Crippen LogP contribution in [-0.4, -0.2) is 45.2 Å². The van der Waals surface area contributed by atoms with E-state index in [1.165, 1.54) is 18.9 Å². The molecule has 1 aromatic heterocycles. The van der Waals surface area contributed by atoms with Crippen molar-refractivity contribution in [1.29, 1.82) is 0 Å². The summed E-state index contributed by atoms with van der Waals surface area (Å²) < 4.78 is 6.42. The zero-order valence-electron chi connectivity index (χ0n) is 20.3. The molecule has 0 spiro atoms. The monoisotopic (exact) mass is 481 g/mol. The molecule has 1 amide bonds. The molecule has 3 rings (SSSR count). The van der Waals surface area contributed by atoms with Gasteiger partial charge in [-0.25, -0.2) is 9.78 Å². The largest absolute Gasteiger partial charge is 0.465 e. The maximum Gasteiger partial charge on any atom is 0.337 e. The predicted molar refractivity (Wildman–Crippen MR) is 135 cm³/mol. The average Bonchev–Trinajstić information content (AvgIpc) is 2.82. The summed E-state index contributed by atoms with van der Waals surface area (Å²) in [6.07, 6.45) is 0. The highest BCUT2D eigenvalue weighted by atomic mass is 32.2. The number of hydrogen-bond donors (Lipinski definition) is 0. The summed E-state index contributed by atoms with van der Waals surface area (Å²) in [5, 5.41) is 0.891. The third-order valence-corrected chi connectivity index (χ3v) is 6.31. The first-order valence-corrected chi connectivity index (χ1v) is 12.3. The van der Waals surface area contributed by atoms with Gasteiger partial charge in [-0.1, -0.05) is 55.9 Å². The summed E-state index contributed by atoms with van der Waals surface area (Å²) in [4.78, 5) is 44.9. The standard InChI is InChI=1S/C26H31N3O4S/c1-17(2)14-29-24(31)21-12-11-20(25(32)33-5)13-22(21)27-26(29)34-16-23(30)28(18(3)4)15-19-9-7-6-8-10-19/h6-13,17-18H,14-16H2,1-5H3. The van der Waals surface area contributed by atoms with Crippen LogP contribution in [0, 0.1) is 5.92 Å². The van der Waals surface area contributed by atoms with Crippen molar-refractivity contribution < 1.29 is 14.3 Å². The zero-order chi connectivity index (χ0) is 24.8. The molecule has 0 fully saturated rings. The minimum atomic E-state index is -0.493. The summed E-state index contributed by atoms with van der Waals surface area (Å²) >= 11 is 1.25. The number of amides is 1. The van der Waals surface area contributed by atoms with Crippen molar-refractivity contribution in [3.8, 4) is 0 Å². The van der Waals surface area contributed by atoms with Gasteiger partial charge in [-0.3, -0.25) is 14.2 Å². The van der Waals surface area contributed by atoms with Crippen molar-refractivity contribution >= 4 is 34.5 Å². The van der Waals surface area contributed by atoms with Gasteiger partial charge in [-0.05, 0) is 43.5 Å². The highest BCUT2D eigenvalue weighted by Crippen LogP contribution is 2.21. The maximum absolute atomic E-state index is 13.3. The molecule has 0 aliphatic heterocycles. The first kappa shape index (κ1) is 25.5. The van der Waals surface area contributed by atoms with E-state index in [2.05, 4.69) is 4.98 Å². The number of esters is 1. The quantitative estimate of drug-likeness (QED) is 0.256. The van der Waals surface area contributed by atoms with Crippen LogP contribution in [0.3, 0.4) is 0 Å². The Labute approximate surface area is 204 Å². The number of carbonyl (C=O) groups is 2. The first-order chi connectivity index (χ1) is 16.2. The lowest BCUT2D eigenvalue weighted by atomic mass is 10.1. The zero-order valence-corrected chi connectivity index (χ0v) is 21.1. The molecule has 34 heavy (non-hydrogen) atoms. The van der Waals surface area contributed by atoms with Gasteiger partial charge in [0.15, 0.2) is 5.16 Å². The van der Waals surface area contributed by atoms with Crippen molar-refractivity contribution in [1.82, 2.24) is 14.5 Å². The van der Waals surface area contributed by atoms with E-state index in [1.54, 1.807) is 22.8 Å². The minimum absolute atomic E-state index is 0.0262. The fraction of sp³-hybridized carbons (Fsp3) is 0.385. The fourth-order valence-corrected chi connectivity index (χ4v) is 4.52. The van der Waals surface area contributed by atoms with Crippen LogP contribution >= 0.6 is 11.8 Å². The van der Waals surface area contributed by atoms with Gasteiger partial charge >= 0.3 is 5.97 Å². The average molecular weight is 482 g/mol. The molecule has 0 saturated heterocycles. The van der Waals surface area contributed by atoms with E-state index in [0.29, 0.717) is 34.7 Å². The van der Waals surface area contributed by atoms with Crippen LogP contribution in [0.2, 0.25) is 0 Å². The normalized spacial score (nSPS) is 11.3. The molecule has 0 radical (unpaired) electrons. The molecule has 1 heterocycles. The van der Waals surface area contributed by atoms with Crippen molar-refractivity contribution in [2.24, 2.45) is 5.92 Å². The number of carbonyl (C=O) groups excluding carboxylic acids is 2. The highest BCUT2D eigenvalue weighted by Gasteiger charge is 2.20. The molecule has 0 saturated carbocycles. The van der Waals surface area contributed by atoms with Crippen LogP contribution in [-0.2, 0) is 22.6 Å². The summed E-state index contributed by atoms with van der Waals surface area (Å²) in [5.41, 5.74) is 1.61. The molecule has 0 bridgehead atoms. The lowest BCUT2D eigenvalue weighted by Crippen LogP contribution is -2.37. The lowest BCUT2D eigenvalue weighted by molar-refractivity contribution is -0.130. The van der Waals surface area contributed by atoms with Gasteiger partial charge in [0.25, 0.3) is 5.56 Å². The molecule has 0 aliphatic carbocycles. The Morgan fingerprint density at radius 3 is 2.41 bits per heavy atom. The molecular weight excluding hydrogens is 450 g/mol. The second-order valence-electron chi connectivity index (χ2n) is 8.82. The summed E-state index contributed by atoms with van der Waals surface area (Å²) in [6.45, 7) is 9.03. The van der Waals surface area contributed by atoms with E-state index in [9.17, 15) is 14.4 Å². The Balaban J connectivity index is 1.92.